The molecular weight excluding hydrogens is 332 g/mol. The van der Waals surface area contributed by atoms with Crippen molar-refractivity contribution in [2.75, 3.05) is 12.4 Å². The fourth-order valence-electron chi connectivity index (χ4n) is 1.89. The van der Waals surface area contributed by atoms with Gasteiger partial charge in [0.15, 0.2) is 0 Å². The van der Waals surface area contributed by atoms with Crippen LogP contribution in [0.4, 0.5) is 5.69 Å². The minimum atomic E-state index is -0.223. The van der Waals surface area contributed by atoms with Crippen molar-refractivity contribution < 1.29 is 9.59 Å². The second-order valence-electron chi connectivity index (χ2n) is 4.60. The molecule has 0 saturated heterocycles. The molecule has 0 aliphatic rings. The minimum absolute atomic E-state index is 0.192. The molecule has 0 bridgehead atoms. The van der Waals surface area contributed by atoms with Gasteiger partial charge in [0.1, 0.15) is 0 Å². The van der Waals surface area contributed by atoms with Crippen LogP contribution in [0.5, 0.6) is 0 Å². The van der Waals surface area contributed by atoms with Gasteiger partial charge in [-0.2, -0.15) is 0 Å². The topological polar surface area (TPSA) is 58.2 Å². The van der Waals surface area contributed by atoms with Crippen LogP contribution in [-0.4, -0.2) is 18.9 Å². The Morgan fingerprint density at radius 1 is 1.05 bits per heavy atom. The quantitative estimate of drug-likeness (QED) is 0.894. The Kier molecular flexibility index (Phi) is 4.75. The molecule has 4 nitrogen and oxygen atoms in total. The number of aryl methyl sites for hydroxylation is 1. The van der Waals surface area contributed by atoms with Crippen LogP contribution in [0, 0.1) is 6.92 Å². The van der Waals surface area contributed by atoms with Gasteiger partial charge in [-0.05, 0) is 53.2 Å². The number of benzene rings is 2. The summed E-state index contributed by atoms with van der Waals surface area (Å²) in [7, 11) is 1.57. The summed E-state index contributed by atoms with van der Waals surface area (Å²) in [6.07, 6.45) is 0. The highest BCUT2D eigenvalue weighted by Crippen LogP contribution is 2.20. The average molecular weight is 347 g/mol. The van der Waals surface area contributed by atoms with Crippen LogP contribution in [0.15, 0.2) is 46.9 Å². The Hall–Kier alpha value is -2.14. The lowest BCUT2D eigenvalue weighted by Gasteiger charge is -2.09. The third-order valence-corrected chi connectivity index (χ3v) is 3.67. The van der Waals surface area contributed by atoms with Crippen molar-refractivity contribution >= 4 is 33.4 Å². The van der Waals surface area contributed by atoms with Crippen molar-refractivity contribution in [3.8, 4) is 0 Å². The highest BCUT2D eigenvalue weighted by Gasteiger charge is 2.11. The zero-order chi connectivity index (χ0) is 15.4. The molecule has 0 aromatic heterocycles. The van der Waals surface area contributed by atoms with Gasteiger partial charge in [-0.3, -0.25) is 9.59 Å². The number of hydrogen-bond donors (Lipinski definition) is 2. The molecule has 0 atom stereocenters. The van der Waals surface area contributed by atoms with Crippen LogP contribution in [0.1, 0.15) is 26.3 Å². The minimum Gasteiger partial charge on any atom is -0.355 e. The number of halogens is 1. The van der Waals surface area contributed by atoms with Crippen molar-refractivity contribution in [3.63, 3.8) is 0 Å². The van der Waals surface area contributed by atoms with E-state index in [0.717, 1.165) is 10.0 Å². The van der Waals surface area contributed by atoms with Crippen molar-refractivity contribution in [2.45, 2.75) is 6.92 Å². The van der Waals surface area contributed by atoms with Crippen LogP contribution < -0.4 is 10.6 Å². The molecule has 0 saturated carbocycles. The molecule has 0 aliphatic heterocycles. The smallest absolute Gasteiger partial charge is 0.256 e. The summed E-state index contributed by atoms with van der Waals surface area (Å²) in [5, 5.41) is 5.35. The Labute approximate surface area is 131 Å². The normalized spacial score (nSPS) is 10.0. The molecule has 2 rings (SSSR count). The molecule has 21 heavy (non-hydrogen) atoms. The number of carbonyl (C=O) groups is 2. The van der Waals surface area contributed by atoms with E-state index in [4.69, 9.17) is 0 Å². The maximum Gasteiger partial charge on any atom is 0.256 e. The molecule has 108 valence electrons. The molecule has 0 unspecified atom stereocenters. The van der Waals surface area contributed by atoms with Crippen molar-refractivity contribution in [1.29, 1.82) is 0 Å². The van der Waals surface area contributed by atoms with Gasteiger partial charge in [0.05, 0.1) is 5.56 Å². The summed E-state index contributed by atoms with van der Waals surface area (Å²) < 4.78 is 0.730. The van der Waals surface area contributed by atoms with E-state index >= 15 is 0 Å². The lowest BCUT2D eigenvalue weighted by Crippen LogP contribution is -2.18. The lowest BCUT2D eigenvalue weighted by atomic mass is 10.1. The largest absolute Gasteiger partial charge is 0.355 e. The summed E-state index contributed by atoms with van der Waals surface area (Å²) in [6, 6.07) is 12.4. The van der Waals surface area contributed by atoms with Crippen LogP contribution >= 0.6 is 15.9 Å². The Morgan fingerprint density at radius 3 is 2.52 bits per heavy atom. The van der Waals surface area contributed by atoms with Crippen LogP contribution in [0.3, 0.4) is 0 Å². The molecule has 2 amide bonds. The first-order valence-electron chi connectivity index (χ1n) is 6.41. The van der Waals surface area contributed by atoms with E-state index in [1.54, 1.807) is 31.3 Å². The van der Waals surface area contributed by atoms with Crippen LogP contribution in [0.25, 0.3) is 0 Å². The van der Waals surface area contributed by atoms with Crippen molar-refractivity contribution in [3.05, 3.63) is 63.6 Å². The predicted molar refractivity (Wildman–Crippen MR) is 86.7 cm³/mol. The SMILES string of the molecule is CNC(=O)c1cccc(NC(=O)c2cc(C)ccc2Br)c1. The average Bonchev–Trinajstić information content (AvgIpc) is 2.49. The Balaban J connectivity index is 2.23. The summed E-state index contributed by atoms with van der Waals surface area (Å²) in [4.78, 5) is 23.9. The van der Waals surface area contributed by atoms with E-state index in [2.05, 4.69) is 26.6 Å². The first-order chi connectivity index (χ1) is 10.0. The van der Waals surface area contributed by atoms with Crippen molar-refractivity contribution in [2.24, 2.45) is 0 Å². The summed E-state index contributed by atoms with van der Waals surface area (Å²) in [5.41, 5.74) is 2.64. The van der Waals surface area contributed by atoms with Gasteiger partial charge in [0, 0.05) is 22.8 Å². The maximum atomic E-state index is 12.3. The second kappa shape index (κ2) is 6.54. The highest BCUT2D eigenvalue weighted by molar-refractivity contribution is 9.10. The van der Waals surface area contributed by atoms with E-state index in [9.17, 15) is 9.59 Å². The van der Waals surface area contributed by atoms with Gasteiger partial charge in [0.2, 0.25) is 0 Å². The zero-order valence-electron chi connectivity index (χ0n) is 11.7. The van der Waals surface area contributed by atoms with Gasteiger partial charge in [-0.25, -0.2) is 0 Å². The van der Waals surface area contributed by atoms with Gasteiger partial charge >= 0.3 is 0 Å². The molecular formula is C16H15BrN2O2. The lowest BCUT2D eigenvalue weighted by molar-refractivity contribution is 0.0961. The molecule has 2 aromatic rings. The monoisotopic (exact) mass is 346 g/mol. The molecule has 0 aliphatic carbocycles. The molecule has 5 heteroatoms. The third kappa shape index (κ3) is 3.70. The first-order valence-corrected chi connectivity index (χ1v) is 7.20. The molecule has 2 N–H and O–H groups in total. The summed E-state index contributed by atoms with van der Waals surface area (Å²) in [5.74, 6) is -0.414. The number of rotatable bonds is 3. The zero-order valence-corrected chi connectivity index (χ0v) is 13.3. The van der Waals surface area contributed by atoms with Gasteiger partial charge in [0.25, 0.3) is 11.8 Å². The molecule has 2 aromatic carbocycles. The fraction of sp³-hybridized carbons (Fsp3) is 0.125. The third-order valence-electron chi connectivity index (χ3n) is 2.98. The number of hydrogen-bond acceptors (Lipinski definition) is 2. The second-order valence-corrected chi connectivity index (χ2v) is 5.45. The van der Waals surface area contributed by atoms with Crippen molar-refractivity contribution in [1.82, 2.24) is 5.32 Å². The summed E-state index contributed by atoms with van der Waals surface area (Å²) >= 11 is 3.37. The van der Waals surface area contributed by atoms with E-state index < -0.39 is 0 Å². The fourth-order valence-corrected chi connectivity index (χ4v) is 2.32. The van der Waals surface area contributed by atoms with Gasteiger partial charge in [-0.1, -0.05) is 17.7 Å². The molecule has 0 radical (unpaired) electrons. The standard InChI is InChI=1S/C16H15BrN2O2/c1-10-6-7-14(17)13(8-10)16(21)19-12-5-3-4-11(9-12)15(20)18-2/h3-9H,1-2H3,(H,18,20)(H,19,21). The Morgan fingerprint density at radius 2 is 1.81 bits per heavy atom. The number of amides is 2. The molecule has 0 spiro atoms. The number of nitrogens with one attached hydrogen (secondary N) is 2. The Bertz CT molecular complexity index is 698. The predicted octanol–water partition coefficient (Wildman–Crippen LogP) is 3.37. The summed E-state index contributed by atoms with van der Waals surface area (Å²) in [6.45, 7) is 1.93. The van der Waals surface area contributed by atoms with Crippen LogP contribution in [-0.2, 0) is 0 Å². The highest BCUT2D eigenvalue weighted by atomic mass is 79.9. The van der Waals surface area contributed by atoms with Crippen LogP contribution in [0.2, 0.25) is 0 Å². The molecule has 0 heterocycles. The van der Waals surface area contributed by atoms with E-state index in [1.165, 1.54) is 0 Å². The van der Waals surface area contributed by atoms with Gasteiger partial charge in [-0.15, -0.1) is 0 Å². The van der Waals surface area contributed by atoms with Gasteiger partial charge < -0.3 is 10.6 Å². The number of carbonyl (C=O) groups excluding carboxylic acids is 2. The van der Waals surface area contributed by atoms with E-state index in [1.807, 2.05) is 25.1 Å². The van der Waals surface area contributed by atoms with E-state index in [0.29, 0.717) is 16.8 Å². The number of anilines is 1. The van der Waals surface area contributed by atoms with E-state index in [-0.39, 0.29) is 11.8 Å². The first kappa shape index (κ1) is 15.3. The maximum absolute atomic E-state index is 12.3. The molecule has 0 fully saturated rings.